The van der Waals surface area contributed by atoms with Crippen molar-refractivity contribution < 1.29 is 9.53 Å². The highest BCUT2D eigenvalue weighted by Gasteiger charge is 2.14. The lowest BCUT2D eigenvalue weighted by Gasteiger charge is -2.34. The van der Waals surface area contributed by atoms with Gasteiger partial charge in [0.2, 0.25) is 5.91 Å². The van der Waals surface area contributed by atoms with Gasteiger partial charge in [-0.15, -0.1) is 0 Å². The number of anilines is 2. The fourth-order valence-electron chi connectivity index (χ4n) is 3.17. The maximum atomic E-state index is 12.1. The maximum absolute atomic E-state index is 12.1. The Kier molecular flexibility index (Phi) is 7.18. The van der Waals surface area contributed by atoms with E-state index < -0.39 is 0 Å². The predicted molar refractivity (Wildman–Crippen MR) is 116 cm³/mol. The summed E-state index contributed by atoms with van der Waals surface area (Å²) in [5.41, 5.74) is 3.02. The quantitative estimate of drug-likeness (QED) is 0.706. The van der Waals surface area contributed by atoms with Gasteiger partial charge >= 0.3 is 0 Å². The summed E-state index contributed by atoms with van der Waals surface area (Å²) in [6.45, 7) is 6.67. The van der Waals surface area contributed by atoms with Crippen LogP contribution in [0.5, 0.6) is 5.75 Å². The number of carbonyl (C=O) groups excluding carboxylic acids is 1. The van der Waals surface area contributed by atoms with E-state index in [1.807, 2.05) is 37.3 Å². The van der Waals surface area contributed by atoms with Gasteiger partial charge < -0.3 is 19.9 Å². The predicted octanol–water partition coefficient (Wildman–Crippen LogP) is 4.20. The highest BCUT2D eigenvalue weighted by atomic mass is 35.5. The van der Waals surface area contributed by atoms with E-state index in [0.29, 0.717) is 19.4 Å². The van der Waals surface area contributed by atoms with E-state index in [4.69, 9.17) is 16.3 Å². The van der Waals surface area contributed by atoms with E-state index in [0.717, 1.165) is 48.2 Å². The van der Waals surface area contributed by atoms with Crippen LogP contribution in [-0.2, 0) is 4.79 Å². The zero-order valence-electron chi connectivity index (χ0n) is 16.6. The number of likely N-dealkylation sites (N-methyl/N-ethyl adjacent to an activating group) is 1. The summed E-state index contributed by atoms with van der Waals surface area (Å²) in [6.07, 6.45) is 1.08. The number of halogens is 1. The molecule has 2 aromatic rings. The number of ether oxygens (including phenoxy) is 1. The second kappa shape index (κ2) is 9.80. The summed E-state index contributed by atoms with van der Waals surface area (Å²) in [5, 5.41) is 3.68. The van der Waals surface area contributed by atoms with E-state index in [2.05, 4.69) is 34.3 Å². The fraction of sp³-hybridized carbons (Fsp3) is 0.409. The average molecular weight is 402 g/mol. The third-order valence-electron chi connectivity index (χ3n) is 4.97. The summed E-state index contributed by atoms with van der Waals surface area (Å²) in [5.74, 6) is 0.782. The average Bonchev–Trinajstić information content (AvgIpc) is 2.69. The first kappa shape index (κ1) is 20.5. The molecule has 6 heteroatoms. The first-order chi connectivity index (χ1) is 13.5. The molecule has 0 radical (unpaired) electrons. The number of hydrogen-bond acceptors (Lipinski definition) is 4. The monoisotopic (exact) mass is 401 g/mol. The first-order valence-electron chi connectivity index (χ1n) is 9.73. The molecule has 1 saturated heterocycles. The van der Waals surface area contributed by atoms with E-state index in [1.165, 1.54) is 5.69 Å². The maximum Gasteiger partial charge on any atom is 0.224 e. The Hall–Kier alpha value is -2.24. The minimum atomic E-state index is 0.00299. The van der Waals surface area contributed by atoms with Crippen LogP contribution in [0, 0.1) is 6.92 Å². The number of rotatable bonds is 7. The molecule has 1 aliphatic heterocycles. The molecule has 0 saturated carbocycles. The highest BCUT2D eigenvalue weighted by molar-refractivity contribution is 6.31. The molecule has 1 N–H and O–H groups in total. The summed E-state index contributed by atoms with van der Waals surface area (Å²) in [4.78, 5) is 16.9. The molecule has 5 nitrogen and oxygen atoms in total. The minimum Gasteiger partial charge on any atom is -0.494 e. The molecule has 1 heterocycles. The Labute approximate surface area is 172 Å². The SMILES string of the molecule is Cc1cc(OCCCC(=O)Nc2ccc(N3CCN(C)CC3)cc2)ccc1Cl. The summed E-state index contributed by atoms with van der Waals surface area (Å²) in [7, 11) is 2.15. The molecule has 1 fully saturated rings. The molecule has 0 aromatic heterocycles. The number of amides is 1. The molecule has 0 unspecified atom stereocenters. The zero-order valence-corrected chi connectivity index (χ0v) is 17.3. The van der Waals surface area contributed by atoms with Crippen molar-refractivity contribution in [2.75, 3.05) is 50.1 Å². The topological polar surface area (TPSA) is 44.8 Å². The lowest BCUT2D eigenvalue weighted by molar-refractivity contribution is -0.116. The number of aryl methyl sites for hydroxylation is 1. The van der Waals surface area contributed by atoms with Gasteiger partial charge in [0, 0.05) is 49.0 Å². The number of benzene rings is 2. The van der Waals surface area contributed by atoms with Gasteiger partial charge in [0.1, 0.15) is 5.75 Å². The molecule has 0 bridgehead atoms. The normalized spacial score (nSPS) is 14.8. The van der Waals surface area contributed by atoms with Crippen molar-refractivity contribution in [2.45, 2.75) is 19.8 Å². The van der Waals surface area contributed by atoms with Crippen LogP contribution in [0.3, 0.4) is 0 Å². The van der Waals surface area contributed by atoms with Crippen molar-refractivity contribution in [3.63, 3.8) is 0 Å². The van der Waals surface area contributed by atoms with Gasteiger partial charge in [-0.05, 0) is 68.4 Å². The van der Waals surface area contributed by atoms with Gasteiger partial charge in [-0.1, -0.05) is 11.6 Å². The third kappa shape index (κ3) is 5.88. The van der Waals surface area contributed by atoms with Gasteiger partial charge in [0.15, 0.2) is 0 Å². The lowest BCUT2D eigenvalue weighted by atomic mass is 10.2. The second-order valence-electron chi connectivity index (χ2n) is 7.25. The van der Waals surface area contributed by atoms with Gasteiger partial charge in [-0.25, -0.2) is 0 Å². The molecule has 3 rings (SSSR count). The molecule has 1 amide bonds. The van der Waals surface area contributed by atoms with E-state index in [-0.39, 0.29) is 5.91 Å². The number of hydrogen-bond donors (Lipinski definition) is 1. The van der Waals surface area contributed by atoms with Crippen molar-refractivity contribution >= 4 is 28.9 Å². The Morgan fingerprint density at radius 1 is 1.11 bits per heavy atom. The Balaban J connectivity index is 1.39. The van der Waals surface area contributed by atoms with Gasteiger partial charge in [-0.2, -0.15) is 0 Å². The third-order valence-corrected chi connectivity index (χ3v) is 5.39. The van der Waals surface area contributed by atoms with Crippen LogP contribution in [0.4, 0.5) is 11.4 Å². The van der Waals surface area contributed by atoms with Crippen molar-refractivity contribution in [3.8, 4) is 5.75 Å². The van der Waals surface area contributed by atoms with Crippen LogP contribution < -0.4 is 15.0 Å². The summed E-state index contributed by atoms with van der Waals surface area (Å²) >= 11 is 6.01. The second-order valence-corrected chi connectivity index (χ2v) is 7.66. The molecule has 0 spiro atoms. The largest absolute Gasteiger partial charge is 0.494 e. The number of nitrogens with one attached hydrogen (secondary N) is 1. The van der Waals surface area contributed by atoms with E-state index >= 15 is 0 Å². The molecule has 0 atom stereocenters. The highest BCUT2D eigenvalue weighted by Crippen LogP contribution is 2.22. The van der Waals surface area contributed by atoms with Gasteiger partial charge in [0.05, 0.1) is 6.61 Å². The summed E-state index contributed by atoms with van der Waals surface area (Å²) in [6, 6.07) is 13.7. The van der Waals surface area contributed by atoms with Crippen molar-refractivity contribution in [1.82, 2.24) is 4.90 Å². The zero-order chi connectivity index (χ0) is 19.9. The number of nitrogens with zero attached hydrogens (tertiary/aromatic N) is 2. The van der Waals surface area contributed by atoms with Gasteiger partial charge in [-0.3, -0.25) is 4.79 Å². The molecule has 1 aliphatic rings. The molecular formula is C22H28ClN3O2. The smallest absolute Gasteiger partial charge is 0.224 e. The van der Waals surface area contributed by atoms with E-state index in [1.54, 1.807) is 0 Å². The van der Waals surface area contributed by atoms with Crippen LogP contribution in [0.2, 0.25) is 5.02 Å². The molecular weight excluding hydrogens is 374 g/mol. The van der Waals surface area contributed by atoms with Crippen LogP contribution in [0.15, 0.2) is 42.5 Å². The van der Waals surface area contributed by atoms with Crippen molar-refractivity contribution in [3.05, 3.63) is 53.1 Å². The molecule has 0 aliphatic carbocycles. The van der Waals surface area contributed by atoms with Crippen LogP contribution in [-0.4, -0.2) is 50.6 Å². The van der Waals surface area contributed by atoms with Crippen LogP contribution in [0.25, 0.3) is 0 Å². The standard InChI is InChI=1S/C22H28ClN3O2/c1-17-16-20(9-10-21(17)23)28-15-3-4-22(27)24-18-5-7-19(8-6-18)26-13-11-25(2)12-14-26/h5-10,16H,3-4,11-15H2,1-2H3,(H,24,27). The van der Waals surface area contributed by atoms with Gasteiger partial charge in [0.25, 0.3) is 0 Å². The fourth-order valence-corrected chi connectivity index (χ4v) is 3.29. The summed E-state index contributed by atoms with van der Waals surface area (Å²) < 4.78 is 5.69. The van der Waals surface area contributed by atoms with Crippen molar-refractivity contribution in [1.29, 1.82) is 0 Å². The molecule has 28 heavy (non-hydrogen) atoms. The Bertz CT molecular complexity index is 787. The number of carbonyl (C=O) groups is 1. The molecule has 2 aromatic carbocycles. The number of piperazine rings is 1. The Morgan fingerprint density at radius 2 is 1.82 bits per heavy atom. The molecule has 150 valence electrons. The lowest BCUT2D eigenvalue weighted by Crippen LogP contribution is -2.44. The minimum absolute atomic E-state index is 0.00299. The van der Waals surface area contributed by atoms with Crippen molar-refractivity contribution in [2.24, 2.45) is 0 Å². The van der Waals surface area contributed by atoms with Crippen LogP contribution >= 0.6 is 11.6 Å². The Morgan fingerprint density at radius 3 is 2.50 bits per heavy atom. The van der Waals surface area contributed by atoms with E-state index in [9.17, 15) is 4.79 Å². The van der Waals surface area contributed by atoms with Crippen LogP contribution in [0.1, 0.15) is 18.4 Å². The first-order valence-corrected chi connectivity index (χ1v) is 10.1.